The van der Waals surface area contributed by atoms with Crippen LogP contribution < -0.4 is 5.73 Å². The lowest BCUT2D eigenvalue weighted by molar-refractivity contribution is -0.385. The third kappa shape index (κ3) is 2.84. The molecule has 15 heavy (non-hydrogen) atoms. The predicted molar refractivity (Wildman–Crippen MR) is 58.8 cm³/mol. The van der Waals surface area contributed by atoms with Gasteiger partial charge in [0, 0.05) is 17.0 Å². The molecule has 0 bridgehead atoms. The number of nitrogens with zero attached hydrogens (tertiary/aromatic N) is 1. The van der Waals surface area contributed by atoms with Crippen molar-refractivity contribution in [2.45, 2.75) is 6.42 Å². The van der Waals surface area contributed by atoms with Crippen molar-refractivity contribution in [3.63, 3.8) is 0 Å². The van der Waals surface area contributed by atoms with E-state index in [0.29, 0.717) is 4.47 Å². The van der Waals surface area contributed by atoms with Crippen LogP contribution in [0.4, 0.5) is 5.69 Å². The molecule has 0 heterocycles. The molecule has 6 heteroatoms. The van der Waals surface area contributed by atoms with E-state index in [2.05, 4.69) is 15.9 Å². The molecular weight excluding hydrogens is 264 g/mol. The Bertz CT molecular complexity index is 406. The van der Waals surface area contributed by atoms with Gasteiger partial charge in [-0.3, -0.25) is 14.9 Å². The van der Waals surface area contributed by atoms with Crippen LogP contribution >= 0.6 is 15.9 Å². The van der Waals surface area contributed by atoms with Crippen LogP contribution in [0, 0.1) is 10.1 Å². The number of hydrogen-bond donors (Lipinski definition) is 1. The summed E-state index contributed by atoms with van der Waals surface area (Å²) in [5.74, 6) is -0.309. The van der Waals surface area contributed by atoms with Crippen molar-refractivity contribution in [3.8, 4) is 0 Å². The number of benzene rings is 1. The van der Waals surface area contributed by atoms with E-state index < -0.39 is 4.92 Å². The second-order valence-corrected chi connectivity index (χ2v) is 3.80. The van der Waals surface area contributed by atoms with Gasteiger partial charge in [0.1, 0.15) is 0 Å². The molecule has 0 amide bonds. The number of Topliss-reactive ketones (excluding diaryl/α,β-unsaturated/α-hetero) is 1. The smallest absolute Gasteiger partial charge is 0.281 e. The topological polar surface area (TPSA) is 86.2 Å². The third-order valence-corrected chi connectivity index (χ3v) is 2.32. The summed E-state index contributed by atoms with van der Waals surface area (Å²) in [6, 6.07) is 4.33. The molecule has 1 aromatic carbocycles. The Kier molecular flexibility index (Phi) is 3.93. The Hall–Kier alpha value is -1.27. The van der Waals surface area contributed by atoms with Crippen LogP contribution in [-0.2, 0) is 0 Å². The van der Waals surface area contributed by atoms with Gasteiger partial charge in [0.2, 0.25) is 0 Å². The van der Waals surface area contributed by atoms with Crippen LogP contribution in [0.3, 0.4) is 0 Å². The Morgan fingerprint density at radius 3 is 2.73 bits per heavy atom. The van der Waals surface area contributed by atoms with Crippen LogP contribution in [0.25, 0.3) is 0 Å². The van der Waals surface area contributed by atoms with E-state index in [1.165, 1.54) is 12.1 Å². The minimum atomic E-state index is -0.575. The number of nitro benzene ring substituents is 1. The molecule has 1 rings (SSSR count). The van der Waals surface area contributed by atoms with E-state index in [-0.39, 0.29) is 30.0 Å². The number of halogens is 1. The lowest BCUT2D eigenvalue weighted by Crippen LogP contribution is -2.10. The highest BCUT2D eigenvalue weighted by molar-refractivity contribution is 9.10. The molecule has 0 aliphatic carbocycles. The van der Waals surface area contributed by atoms with E-state index in [0.717, 1.165) is 0 Å². The standard InChI is InChI=1S/C9H9BrN2O3/c10-6-1-2-7(9(13)3-4-11)8(5-6)12(14)15/h1-2,5H,3-4,11H2. The molecule has 2 N–H and O–H groups in total. The summed E-state index contributed by atoms with van der Waals surface area (Å²) in [5, 5.41) is 10.7. The Labute approximate surface area is 94.5 Å². The molecule has 0 saturated heterocycles. The SMILES string of the molecule is NCCC(=O)c1ccc(Br)cc1[N+](=O)[O-]. The van der Waals surface area contributed by atoms with Crippen molar-refractivity contribution in [3.05, 3.63) is 38.3 Å². The van der Waals surface area contributed by atoms with Gasteiger partial charge in [-0.2, -0.15) is 0 Å². The average molecular weight is 273 g/mol. The summed E-state index contributed by atoms with van der Waals surface area (Å²) in [7, 11) is 0. The molecule has 0 aromatic heterocycles. The lowest BCUT2D eigenvalue weighted by Gasteiger charge is -2.01. The fourth-order valence-corrected chi connectivity index (χ4v) is 1.51. The van der Waals surface area contributed by atoms with Gasteiger partial charge in [-0.1, -0.05) is 15.9 Å². The van der Waals surface area contributed by atoms with Crippen LogP contribution in [0.15, 0.2) is 22.7 Å². The molecule has 5 nitrogen and oxygen atoms in total. The molecule has 0 aliphatic heterocycles. The Morgan fingerprint density at radius 2 is 2.20 bits per heavy atom. The second kappa shape index (κ2) is 4.99. The zero-order valence-electron chi connectivity index (χ0n) is 7.77. The maximum absolute atomic E-state index is 11.5. The number of rotatable bonds is 4. The van der Waals surface area contributed by atoms with E-state index in [1.54, 1.807) is 6.07 Å². The van der Waals surface area contributed by atoms with Gasteiger partial charge in [-0.25, -0.2) is 0 Å². The summed E-state index contributed by atoms with van der Waals surface area (Å²) in [6.07, 6.45) is 0.114. The first-order valence-corrected chi connectivity index (χ1v) is 5.02. The molecule has 0 aliphatic rings. The highest BCUT2D eigenvalue weighted by Crippen LogP contribution is 2.24. The summed E-state index contributed by atoms with van der Waals surface area (Å²) in [5.41, 5.74) is 5.14. The number of nitrogens with two attached hydrogens (primary N) is 1. The number of hydrogen-bond acceptors (Lipinski definition) is 4. The maximum Gasteiger partial charge on any atom is 0.281 e. The summed E-state index contributed by atoms with van der Waals surface area (Å²) < 4.78 is 0.568. The number of nitro groups is 1. The van der Waals surface area contributed by atoms with Gasteiger partial charge in [0.25, 0.3) is 5.69 Å². The molecule has 0 spiro atoms. The van der Waals surface area contributed by atoms with Crippen molar-refractivity contribution in [1.29, 1.82) is 0 Å². The first-order valence-electron chi connectivity index (χ1n) is 4.23. The van der Waals surface area contributed by atoms with Crippen LogP contribution in [0.1, 0.15) is 16.8 Å². The van der Waals surface area contributed by atoms with Gasteiger partial charge in [-0.15, -0.1) is 0 Å². The highest BCUT2D eigenvalue weighted by atomic mass is 79.9. The highest BCUT2D eigenvalue weighted by Gasteiger charge is 2.19. The quantitative estimate of drug-likeness (QED) is 0.515. The first kappa shape index (κ1) is 11.8. The molecule has 0 radical (unpaired) electrons. The van der Waals surface area contributed by atoms with E-state index >= 15 is 0 Å². The number of ketones is 1. The van der Waals surface area contributed by atoms with Gasteiger partial charge >= 0.3 is 0 Å². The lowest BCUT2D eigenvalue weighted by atomic mass is 10.1. The predicted octanol–water partition coefficient (Wildman–Crippen LogP) is 1.89. The molecule has 0 saturated carbocycles. The zero-order chi connectivity index (χ0) is 11.4. The Balaban J connectivity index is 3.17. The fourth-order valence-electron chi connectivity index (χ4n) is 1.16. The van der Waals surface area contributed by atoms with Crippen molar-refractivity contribution < 1.29 is 9.72 Å². The molecule has 0 unspecified atom stereocenters. The Morgan fingerprint density at radius 1 is 1.53 bits per heavy atom. The maximum atomic E-state index is 11.5. The van der Waals surface area contributed by atoms with E-state index in [9.17, 15) is 14.9 Å². The molecule has 0 fully saturated rings. The van der Waals surface area contributed by atoms with Gasteiger partial charge < -0.3 is 5.73 Å². The summed E-state index contributed by atoms with van der Waals surface area (Å²) in [4.78, 5) is 21.6. The summed E-state index contributed by atoms with van der Waals surface area (Å²) >= 11 is 3.11. The van der Waals surface area contributed by atoms with Crippen molar-refractivity contribution >= 4 is 27.4 Å². The monoisotopic (exact) mass is 272 g/mol. The van der Waals surface area contributed by atoms with Crippen molar-refractivity contribution in [1.82, 2.24) is 0 Å². The molecule has 0 atom stereocenters. The number of carbonyl (C=O) groups excluding carboxylic acids is 1. The van der Waals surface area contributed by atoms with Gasteiger partial charge in [0.15, 0.2) is 5.78 Å². The normalized spacial score (nSPS) is 10.0. The molecular formula is C9H9BrN2O3. The van der Waals surface area contributed by atoms with Crippen LogP contribution in [0.5, 0.6) is 0 Å². The fraction of sp³-hybridized carbons (Fsp3) is 0.222. The van der Waals surface area contributed by atoms with Crippen LogP contribution in [0.2, 0.25) is 0 Å². The number of carbonyl (C=O) groups is 1. The third-order valence-electron chi connectivity index (χ3n) is 1.83. The van der Waals surface area contributed by atoms with Gasteiger partial charge in [-0.05, 0) is 18.7 Å². The molecule has 80 valence electrons. The second-order valence-electron chi connectivity index (χ2n) is 2.88. The zero-order valence-corrected chi connectivity index (χ0v) is 9.36. The van der Waals surface area contributed by atoms with Crippen LogP contribution in [-0.4, -0.2) is 17.3 Å². The van der Waals surface area contributed by atoms with Crippen molar-refractivity contribution in [2.24, 2.45) is 5.73 Å². The molecule has 1 aromatic rings. The summed E-state index contributed by atoms with van der Waals surface area (Å²) in [6.45, 7) is 0.187. The van der Waals surface area contributed by atoms with E-state index in [1.807, 2.05) is 0 Å². The average Bonchev–Trinajstić information content (AvgIpc) is 2.17. The minimum Gasteiger partial charge on any atom is -0.330 e. The first-order chi connectivity index (χ1) is 7.06. The van der Waals surface area contributed by atoms with E-state index in [4.69, 9.17) is 5.73 Å². The van der Waals surface area contributed by atoms with Gasteiger partial charge in [0.05, 0.1) is 10.5 Å². The minimum absolute atomic E-state index is 0.105. The van der Waals surface area contributed by atoms with Crippen molar-refractivity contribution in [2.75, 3.05) is 6.54 Å². The largest absolute Gasteiger partial charge is 0.330 e.